The van der Waals surface area contributed by atoms with Gasteiger partial charge in [-0.2, -0.15) is 0 Å². The molecular weight excluding hydrogens is 240 g/mol. The molecule has 0 aliphatic carbocycles. The largest absolute Gasteiger partial charge is 0.481 e. The molecule has 1 amide bonds. The van der Waals surface area contributed by atoms with Gasteiger partial charge >= 0.3 is 0 Å². The summed E-state index contributed by atoms with van der Waals surface area (Å²) in [5.41, 5.74) is 1.26. The molecule has 0 aliphatic heterocycles. The van der Waals surface area contributed by atoms with Gasteiger partial charge in [0.25, 0.3) is 5.91 Å². The average Bonchev–Trinajstić information content (AvgIpc) is 2.40. The zero-order valence-corrected chi connectivity index (χ0v) is 12.2. The molecule has 4 nitrogen and oxygen atoms in total. The number of nitrogens with one attached hydrogen (secondary N) is 2. The van der Waals surface area contributed by atoms with Crippen LogP contribution in [-0.4, -0.2) is 31.6 Å². The van der Waals surface area contributed by atoms with Crippen molar-refractivity contribution in [2.24, 2.45) is 0 Å². The molecule has 0 spiro atoms. The van der Waals surface area contributed by atoms with Crippen molar-refractivity contribution < 1.29 is 9.53 Å². The van der Waals surface area contributed by atoms with Crippen molar-refractivity contribution in [2.45, 2.75) is 39.3 Å². The van der Waals surface area contributed by atoms with E-state index in [4.69, 9.17) is 4.74 Å². The molecule has 0 saturated heterocycles. The summed E-state index contributed by atoms with van der Waals surface area (Å²) in [6.07, 6.45) is 0.510. The summed E-state index contributed by atoms with van der Waals surface area (Å²) in [5.74, 6) is 0.598. The predicted octanol–water partition coefficient (Wildman–Crippen LogP) is 1.74. The van der Waals surface area contributed by atoms with Gasteiger partial charge in [-0.3, -0.25) is 4.79 Å². The summed E-state index contributed by atoms with van der Waals surface area (Å²) < 4.78 is 5.55. The molecule has 0 aliphatic rings. The molecule has 0 heterocycles. The maximum Gasteiger partial charge on any atom is 0.260 e. The maximum atomic E-state index is 11.4. The second-order valence-corrected chi connectivity index (χ2v) is 4.68. The van der Waals surface area contributed by atoms with E-state index >= 15 is 0 Å². The SMILES string of the molecule is CCNC(C)Cc1ccc(OC(C)C(=O)NC)cc1. The molecule has 0 bridgehead atoms. The lowest BCUT2D eigenvalue weighted by Crippen LogP contribution is -2.33. The zero-order chi connectivity index (χ0) is 14.3. The van der Waals surface area contributed by atoms with Crippen LogP contribution in [0.1, 0.15) is 26.3 Å². The number of likely N-dealkylation sites (N-methyl/N-ethyl adjacent to an activating group) is 2. The van der Waals surface area contributed by atoms with Gasteiger partial charge in [-0.1, -0.05) is 19.1 Å². The van der Waals surface area contributed by atoms with Gasteiger partial charge in [0.15, 0.2) is 6.10 Å². The van der Waals surface area contributed by atoms with Crippen molar-refractivity contribution in [2.75, 3.05) is 13.6 Å². The van der Waals surface area contributed by atoms with E-state index in [0.29, 0.717) is 6.04 Å². The molecule has 106 valence electrons. The highest BCUT2D eigenvalue weighted by atomic mass is 16.5. The topological polar surface area (TPSA) is 50.4 Å². The van der Waals surface area contributed by atoms with Crippen molar-refractivity contribution in [3.63, 3.8) is 0 Å². The zero-order valence-electron chi connectivity index (χ0n) is 12.2. The van der Waals surface area contributed by atoms with Crippen LogP contribution in [0, 0.1) is 0 Å². The highest BCUT2D eigenvalue weighted by Crippen LogP contribution is 2.15. The quantitative estimate of drug-likeness (QED) is 0.788. The van der Waals surface area contributed by atoms with Crippen molar-refractivity contribution in [1.29, 1.82) is 0 Å². The van der Waals surface area contributed by atoms with Gasteiger partial charge < -0.3 is 15.4 Å². The number of carbonyl (C=O) groups excluding carboxylic acids is 1. The van der Waals surface area contributed by atoms with E-state index in [1.165, 1.54) is 5.56 Å². The van der Waals surface area contributed by atoms with Gasteiger partial charge in [-0.05, 0) is 44.5 Å². The monoisotopic (exact) mass is 264 g/mol. The van der Waals surface area contributed by atoms with E-state index in [-0.39, 0.29) is 5.91 Å². The molecule has 1 aromatic rings. The highest BCUT2D eigenvalue weighted by Gasteiger charge is 2.12. The highest BCUT2D eigenvalue weighted by molar-refractivity contribution is 5.80. The summed E-state index contributed by atoms with van der Waals surface area (Å²) in [6, 6.07) is 8.36. The van der Waals surface area contributed by atoms with Crippen LogP contribution < -0.4 is 15.4 Å². The van der Waals surface area contributed by atoms with Gasteiger partial charge in [0.05, 0.1) is 0 Å². The molecule has 2 atom stereocenters. The van der Waals surface area contributed by atoms with E-state index in [1.807, 2.05) is 24.3 Å². The fourth-order valence-electron chi connectivity index (χ4n) is 1.94. The Morgan fingerprint density at radius 3 is 2.42 bits per heavy atom. The van der Waals surface area contributed by atoms with Crippen LogP contribution in [0.5, 0.6) is 5.75 Å². The van der Waals surface area contributed by atoms with E-state index in [1.54, 1.807) is 14.0 Å². The summed E-state index contributed by atoms with van der Waals surface area (Å²) in [7, 11) is 1.60. The number of ether oxygens (including phenoxy) is 1. The predicted molar refractivity (Wildman–Crippen MR) is 77.4 cm³/mol. The molecule has 0 radical (unpaired) electrons. The summed E-state index contributed by atoms with van der Waals surface area (Å²) in [4.78, 5) is 11.4. The second-order valence-electron chi connectivity index (χ2n) is 4.68. The molecule has 19 heavy (non-hydrogen) atoms. The molecule has 2 unspecified atom stereocenters. The molecule has 4 heteroatoms. The minimum Gasteiger partial charge on any atom is -0.481 e. The Hall–Kier alpha value is -1.55. The summed E-state index contributed by atoms with van der Waals surface area (Å²) >= 11 is 0. The smallest absolute Gasteiger partial charge is 0.260 e. The Morgan fingerprint density at radius 1 is 1.26 bits per heavy atom. The number of benzene rings is 1. The lowest BCUT2D eigenvalue weighted by molar-refractivity contribution is -0.126. The van der Waals surface area contributed by atoms with Gasteiger partial charge in [0, 0.05) is 13.1 Å². The molecule has 0 saturated carbocycles. The van der Waals surface area contributed by atoms with Gasteiger partial charge in [0.1, 0.15) is 5.75 Å². The number of hydrogen-bond donors (Lipinski definition) is 2. The first kappa shape index (κ1) is 15.5. The minimum absolute atomic E-state index is 0.121. The van der Waals surface area contributed by atoms with Gasteiger partial charge in [-0.25, -0.2) is 0 Å². The number of amides is 1. The number of hydrogen-bond acceptors (Lipinski definition) is 3. The lowest BCUT2D eigenvalue weighted by Gasteiger charge is -2.15. The van der Waals surface area contributed by atoms with Crippen LogP contribution in [-0.2, 0) is 11.2 Å². The van der Waals surface area contributed by atoms with Crippen LogP contribution in [0.2, 0.25) is 0 Å². The first-order chi connectivity index (χ1) is 9.06. The fraction of sp³-hybridized carbons (Fsp3) is 0.533. The van der Waals surface area contributed by atoms with Crippen molar-refractivity contribution in [1.82, 2.24) is 10.6 Å². The van der Waals surface area contributed by atoms with Gasteiger partial charge in [0.2, 0.25) is 0 Å². The number of carbonyl (C=O) groups is 1. The maximum absolute atomic E-state index is 11.4. The Bertz CT molecular complexity index is 390. The first-order valence-corrected chi connectivity index (χ1v) is 6.77. The molecule has 1 aromatic carbocycles. The average molecular weight is 264 g/mol. The van der Waals surface area contributed by atoms with E-state index in [9.17, 15) is 4.79 Å². The third kappa shape index (κ3) is 5.30. The van der Waals surface area contributed by atoms with Crippen LogP contribution >= 0.6 is 0 Å². The minimum atomic E-state index is -0.475. The summed E-state index contributed by atoms with van der Waals surface area (Å²) in [5, 5.41) is 5.94. The lowest BCUT2D eigenvalue weighted by atomic mass is 10.1. The third-order valence-electron chi connectivity index (χ3n) is 2.95. The van der Waals surface area contributed by atoms with E-state index < -0.39 is 6.10 Å². The first-order valence-electron chi connectivity index (χ1n) is 6.77. The normalized spacial score (nSPS) is 13.7. The van der Waals surface area contributed by atoms with E-state index in [0.717, 1.165) is 18.7 Å². The van der Waals surface area contributed by atoms with Crippen LogP contribution in [0.15, 0.2) is 24.3 Å². The Kier molecular flexibility index (Phi) is 6.36. The van der Waals surface area contributed by atoms with Crippen molar-refractivity contribution >= 4 is 5.91 Å². The van der Waals surface area contributed by atoms with Crippen LogP contribution in [0.25, 0.3) is 0 Å². The van der Waals surface area contributed by atoms with Crippen molar-refractivity contribution in [3.8, 4) is 5.75 Å². The molecule has 0 aromatic heterocycles. The second kappa shape index (κ2) is 7.79. The van der Waals surface area contributed by atoms with Gasteiger partial charge in [-0.15, -0.1) is 0 Å². The third-order valence-corrected chi connectivity index (χ3v) is 2.95. The van der Waals surface area contributed by atoms with Crippen molar-refractivity contribution in [3.05, 3.63) is 29.8 Å². The molecule has 1 rings (SSSR count). The Labute approximate surface area is 115 Å². The Morgan fingerprint density at radius 2 is 1.89 bits per heavy atom. The standard InChI is InChI=1S/C15H24N2O2/c1-5-17-11(2)10-13-6-8-14(9-7-13)19-12(3)15(18)16-4/h6-9,11-12,17H,5,10H2,1-4H3,(H,16,18). The van der Waals surface area contributed by atoms with Crippen LogP contribution in [0.4, 0.5) is 0 Å². The van der Waals surface area contributed by atoms with Crippen LogP contribution in [0.3, 0.4) is 0 Å². The fourth-order valence-corrected chi connectivity index (χ4v) is 1.94. The molecule has 0 fully saturated rings. The molecule has 2 N–H and O–H groups in total. The molecular formula is C15H24N2O2. The van der Waals surface area contributed by atoms with E-state index in [2.05, 4.69) is 24.5 Å². The number of rotatable bonds is 7. The Balaban J connectivity index is 2.54. The summed E-state index contributed by atoms with van der Waals surface area (Å²) in [6.45, 7) is 6.99.